The van der Waals surface area contributed by atoms with Crippen LogP contribution in [0.1, 0.15) is 12.0 Å². The monoisotopic (exact) mass is 324 g/mol. The van der Waals surface area contributed by atoms with Gasteiger partial charge in [-0.25, -0.2) is 8.42 Å². The molecule has 0 atom stereocenters. The second-order valence-electron chi connectivity index (χ2n) is 5.40. The van der Waals surface area contributed by atoms with Crippen LogP contribution in [0.25, 0.3) is 0 Å². The van der Waals surface area contributed by atoms with Gasteiger partial charge >= 0.3 is 0 Å². The molecule has 1 aliphatic rings. The molecule has 6 nitrogen and oxygen atoms in total. The normalized spacial score (nSPS) is 15.7. The Morgan fingerprint density at radius 2 is 1.73 bits per heavy atom. The number of hydrogen-bond acceptors (Lipinski definition) is 4. The van der Waals surface area contributed by atoms with Crippen molar-refractivity contribution in [2.24, 2.45) is 0 Å². The molecule has 0 N–H and O–H groups in total. The molecule has 1 fully saturated rings. The molecule has 22 heavy (non-hydrogen) atoms. The van der Waals surface area contributed by atoms with Gasteiger partial charge in [-0.15, -0.1) is 0 Å². The fourth-order valence-corrected chi connectivity index (χ4v) is 3.55. The highest BCUT2D eigenvalue weighted by molar-refractivity contribution is 7.91. The van der Waals surface area contributed by atoms with E-state index in [9.17, 15) is 18.0 Å². The van der Waals surface area contributed by atoms with Crippen molar-refractivity contribution < 1.29 is 18.0 Å². The van der Waals surface area contributed by atoms with Gasteiger partial charge < -0.3 is 9.80 Å². The molecule has 1 heterocycles. The lowest BCUT2D eigenvalue weighted by Crippen LogP contribution is -2.48. The third-order valence-corrected chi connectivity index (χ3v) is 5.51. The van der Waals surface area contributed by atoms with Crippen molar-refractivity contribution in [3.63, 3.8) is 0 Å². The number of carbonyl (C=O) groups excluding carboxylic acids is 2. The van der Waals surface area contributed by atoms with Gasteiger partial charge in [0.15, 0.2) is 9.84 Å². The van der Waals surface area contributed by atoms with Crippen LogP contribution in [0.3, 0.4) is 0 Å². The number of aryl methyl sites for hydroxylation is 1. The highest BCUT2D eigenvalue weighted by Crippen LogP contribution is 2.14. The Bertz CT molecular complexity index is 632. The van der Waals surface area contributed by atoms with Crippen LogP contribution in [0.4, 0.5) is 0 Å². The molecule has 1 aromatic carbocycles. The summed E-state index contributed by atoms with van der Waals surface area (Å²) in [7, 11) is -3.44. The van der Waals surface area contributed by atoms with Gasteiger partial charge in [0, 0.05) is 32.6 Å². The average molecular weight is 324 g/mol. The maximum Gasteiger partial charge on any atom is 0.223 e. The zero-order valence-electron chi connectivity index (χ0n) is 12.6. The molecule has 0 saturated carbocycles. The topological polar surface area (TPSA) is 74.8 Å². The zero-order valence-corrected chi connectivity index (χ0v) is 13.4. The first-order valence-electron chi connectivity index (χ1n) is 7.19. The van der Waals surface area contributed by atoms with Crippen molar-refractivity contribution in [3.8, 4) is 0 Å². The van der Waals surface area contributed by atoms with E-state index in [2.05, 4.69) is 0 Å². The van der Waals surface area contributed by atoms with E-state index in [1.807, 2.05) is 6.92 Å². The Labute approximate surface area is 130 Å². The van der Waals surface area contributed by atoms with Crippen LogP contribution in [0.2, 0.25) is 0 Å². The van der Waals surface area contributed by atoms with Crippen molar-refractivity contribution >= 4 is 22.2 Å². The lowest BCUT2D eigenvalue weighted by molar-refractivity contribution is -0.134. The predicted octanol–water partition coefficient (Wildman–Crippen LogP) is 0.459. The van der Waals surface area contributed by atoms with E-state index < -0.39 is 9.84 Å². The van der Waals surface area contributed by atoms with Crippen molar-refractivity contribution in [1.82, 2.24) is 9.80 Å². The number of amides is 2. The fraction of sp³-hybridized carbons (Fsp3) is 0.467. The van der Waals surface area contributed by atoms with E-state index in [1.54, 1.807) is 34.1 Å². The average Bonchev–Trinajstić information content (AvgIpc) is 2.53. The summed E-state index contributed by atoms with van der Waals surface area (Å²) in [6.45, 7) is 3.81. The second-order valence-corrected chi connectivity index (χ2v) is 7.51. The van der Waals surface area contributed by atoms with Crippen LogP contribution in [0, 0.1) is 6.92 Å². The number of carbonyl (C=O) groups is 2. The van der Waals surface area contributed by atoms with Crippen molar-refractivity contribution in [2.75, 3.05) is 31.9 Å². The molecular weight excluding hydrogens is 304 g/mol. The number of hydrogen-bond donors (Lipinski definition) is 0. The maximum absolute atomic E-state index is 12.2. The van der Waals surface area contributed by atoms with E-state index in [0.717, 1.165) is 12.0 Å². The van der Waals surface area contributed by atoms with E-state index in [0.29, 0.717) is 26.2 Å². The molecule has 7 heteroatoms. The lowest BCUT2D eigenvalue weighted by Gasteiger charge is -2.32. The Balaban J connectivity index is 1.90. The minimum absolute atomic E-state index is 0.0305. The second kappa shape index (κ2) is 6.91. The van der Waals surface area contributed by atoms with Gasteiger partial charge in [0.2, 0.25) is 12.3 Å². The largest absolute Gasteiger partial charge is 0.342 e. The van der Waals surface area contributed by atoms with Gasteiger partial charge in [0.1, 0.15) is 0 Å². The third kappa shape index (κ3) is 4.07. The molecule has 1 saturated heterocycles. The molecule has 1 aromatic rings. The Hall–Kier alpha value is -1.89. The van der Waals surface area contributed by atoms with E-state index in [4.69, 9.17) is 0 Å². The molecular formula is C15H20N2O4S. The minimum Gasteiger partial charge on any atom is -0.342 e. The first-order chi connectivity index (χ1) is 10.4. The minimum atomic E-state index is -3.44. The molecule has 0 unspecified atom stereocenters. The zero-order chi connectivity index (χ0) is 16.2. The molecule has 0 aromatic heterocycles. The maximum atomic E-state index is 12.2. The highest BCUT2D eigenvalue weighted by Gasteiger charge is 2.22. The molecule has 0 spiro atoms. The standard InChI is InChI=1S/C15H20N2O4S/c1-13-2-4-14(5-3-13)22(20,21)11-6-15(19)17-9-7-16(12-18)8-10-17/h2-5,12H,6-11H2,1H3. The summed E-state index contributed by atoms with van der Waals surface area (Å²) in [6, 6.07) is 6.62. The van der Waals surface area contributed by atoms with Crippen molar-refractivity contribution in [3.05, 3.63) is 29.8 Å². The van der Waals surface area contributed by atoms with E-state index >= 15 is 0 Å². The number of piperazine rings is 1. The predicted molar refractivity (Wildman–Crippen MR) is 82.1 cm³/mol. The highest BCUT2D eigenvalue weighted by atomic mass is 32.2. The number of benzene rings is 1. The van der Waals surface area contributed by atoms with Gasteiger partial charge in [-0.2, -0.15) is 0 Å². The summed E-state index contributed by atoms with van der Waals surface area (Å²) < 4.78 is 24.4. The van der Waals surface area contributed by atoms with Crippen LogP contribution < -0.4 is 0 Å². The molecule has 2 rings (SSSR count). The van der Waals surface area contributed by atoms with Crippen LogP contribution in [-0.4, -0.2) is 62.5 Å². The molecule has 0 radical (unpaired) electrons. The van der Waals surface area contributed by atoms with Crippen molar-refractivity contribution in [1.29, 1.82) is 0 Å². The quantitative estimate of drug-likeness (QED) is 0.738. The van der Waals surface area contributed by atoms with Crippen LogP contribution in [0.15, 0.2) is 29.2 Å². The number of sulfone groups is 1. The van der Waals surface area contributed by atoms with Crippen LogP contribution in [-0.2, 0) is 19.4 Å². The van der Waals surface area contributed by atoms with Gasteiger partial charge in [-0.05, 0) is 19.1 Å². The summed E-state index contributed by atoms with van der Waals surface area (Å²) in [4.78, 5) is 26.2. The molecule has 120 valence electrons. The van der Waals surface area contributed by atoms with Crippen molar-refractivity contribution in [2.45, 2.75) is 18.2 Å². The fourth-order valence-electron chi connectivity index (χ4n) is 2.32. The van der Waals surface area contributed by atoms with Crippen LogP contribution >= 0.6 is 0 Å². The van der Waals surface area contributed by atoms with E-state index in [1.165, 1.54) is 0 Å². The molecule has 0 aliphatic carbocycles. The Kier molecular flexibility index (Phi) is 5.18. The van der Waals surface area contributed by atoms with Crippen LogP contribution in [0.5, 0.6) is 0 Å². The summed E-state index contributed by atoms with van der Waals surface area (Å²) in [5.74, 6) is -0.371. The van der Waals surface area contributed by atoms with E-state index in [-0.39, 0.29) is 23.0 Å². The Morgan fingerprint density at radius 1 is 1.14 bits per heavy atom. The Morgan fingerprint density at radius 3 is 2.27 bits per heavy atom. The number of nitrogens with zero attached hydrogens (tertiary/aromatic N) is 2. The van der Waals surface area contributed by atoms with Gasteiger partial charge in [0.25, 0.3) is 0 Å². The summed E-state index contributed by atoms with van der Waals surface area (Å²) in [5, 5.41) is 0. The number of rotatable bonds is 5. The molecule has 1 aliphatic heterocycles. The van der Waals surface area contributed by atoms with Gasteiger partial charge in [-0.3, -0.25) is 9.59 Å². The lowest BCUT2D eigenvalue weighted by atomic mass is 10.2. The third-order valence-electron chi connectivity index (χ3n) is 3.78. The molecule has 2 amide bonds. The summed E-state index contributed by atoms with van der Waals surface area (Å²) in [6.07, 6.45) is 0.737. The van der Waals surface area contributed by atoms with Gasteiger partial charge in [0.05, 0.1) is 10.6 Å². The smallest absolute Gasteiger partial charge is 0.223 e. The first kappa shape index (κ1) is 16.5. The molecule has 0 bridgehead atoms. The SMILES string of the molecule is Cc1ccc(S(=O)(=O)CCC(=O)N2CCN(C=O)CC2)cc1. The summed E-state index contributed by atoms with van der Waals surface area (Å²) in [5.41, 5.74) is 0.989. The van der Waals surface area contributed by atoms with Gasteiger partial charge in [-0.1, -0.05) is 17.7 Å². The summed E-state index contributed by atoms with van der Waals surface area (Å²) >= 11 is 0. The first-order valence-corrected chi connectivity index (χ1v) is 8.84.